The Bertz CT molecular complexity index is 616. The van der Waals surface area contributed by atoms with Crippen LogP contribution >= 0.6 is 0 Å². The molecular formula is C12H9F2N3O3. The lowest BCUT2D eigenvalue weighted by Crippen LogP contribution is -2.35. The van der Waals surface area contributed by atoms with E-state index in [9.17, 15) is 23.2 Å². The summed E-state index contributed by atoms with van der Waals surface area (Å²) in [7, 11) is 0. The number of anilines is 1. The molecule has 0 radical (unpaired) electrons. The Morgan fingerprint density at radius 2 is 2.00 bits per heavy atom. The van der Waals surface area contributed by atoms with Crippen molar-refractivity contribution in [3.05, 3.63) is 24.0 Å². The summed E-state index contributed by atoms with van der Waals surface area (Å²) in [4.78, 5) is 40.4. The largest absolute Gasteiger partial charge is 0.338 e. The van der Waals surface area contributed by atoms with Gasteiger partial charge in [-0.1, -0.05) is 0 Å². The first-order valence-corrected chi connectivity index (χ1v) is 5.87. The van der Waals surface area contributed by atoms with Gasteiger partial charge in [-0.25, -0.2) is 18.5 Å². The molecule has 8 heteroatoms. The molecule has 1 saturated heterocycles. The van der Waals surface area contributed by atoms with Crippen LogP contribution in [0.25, 0.3) is 0 Å². The van der Waals surface area contributed by atoms with Crippen LogP contribution in [-0.2, 0) is 9.59 Å². The van der Waals surface area contributed by atoms with Gasteiger partial charge in [0.15, 0.2) is 0 Å². The van der Waals surface area contributed by atoms with Crippen molar-refractivity contribution in [1.29, 1.82) is 0 Å². The molecule has 4 amide bonds. The van der Waals surface area contributed by atoms with Crippen molar-refractivity contribution in [3.63, 3.8) is 0 Å². The van der Waals surface area contributed by atoms with Crippen molar-refractivity contribution in [2.24, 2.45) is 0 Å². The van der Waals surface area contributed by atoms with Crippen LogP contribution in [0.5, 0.6) is 0 Å². The Balaban J connectivity index is 2.02. The third-order valence-corrected chi connectivity index (χ3v) is 3.54. The molecule has 1 aliphatic heterocycles. The van der Waals surface area contributed by atoms with Gasteiger partial charge in [0.2, 0.25) is 6.41 Å². The number of pyridine rings is 1. The van der Waals surface area contributed by atoms with E-state index in [0.29, 0.717) is 19.3 Å². The molecule has 1 aromatic rings. The number of urea groups is 1. The number of amides is 4. The van der Waals surface area contributed by atoms with E-state index in [-0.39, 0.29) is 5.69 Å². The fourth-order valence-electron chi connectivity index (χ4n) is 2.32. The lowest BCUT2D eigenvalue weighted by molar-refractivity contribution is -0.126. The summed E-state index contributed by atoms with van der Waals surface area (Å²) < 4.78 is 25.3. The van der Waals surface area contributed by atoms with Crippen molar-refractivity contribution in [2.75, 3.05) is 4.90 Å². The van der Waals surface area contributed by atoms with Crippen LogP contribution in [0.3, 0.4) is 0 Å². The van der Waals surface area contributed by atoms with Gasteiger partial charge >= 0.3 is 6.03 Å². The number of rotatable bonds is 3. The number of halogens is 2. The molecule has 1 spiro atoms. The highest BCUT2D eigenvalue weighted by atomic mass is 19.3. The first-order valence-electron chi connectivity index (χ1n) is 5.87. The zero-order valence-electron chi connectivity index (χ0n) is 10.1. The van der Waals surface area contributed by atoms with Gasteiger partial charge in [0.05, 0.1) is 11.9 Å². The van der Waals surface area contributed by atoms with Crippen molar-refractivity contribution >= 4 is 24.0 Å². The first-order chi connectivity index (χ1) is 9.51. The van der Waals surface area contributed by atoms with Crippen LogP contribution in [0, 0.1) is 0 Å². The number of aromatic nitrogens is 1. The second kappa shape index (κ2) is 4.06. The molecule has 0 N–H and O–H groups in total. The SMILES string of the molecule is O=CN1C(=O)N(c2cncc(C(F)F)c2)C(=O)C12CC2. The monoisotopic (exact) mass is 281 g/mol. The molecule has 20 heavy (non-hydrogen) atoms. The number of hydrogen-bond acceptors (Lipinski definition) is 4. The lowest BCUT2D eigenvalue weighted by atomic mass is 10.2. The highest BCUT2D eigenvalue weighted by Gasteiger charge is 2.65. The number of carbonyl (C=O) groups excluding carboxylic acids is 3. The maximum absolute atomic E-state index is 12.6. The van der Waals surface area contributed by atoms with E-state index in [0.717, 1.165) is 28.3 Å². The molecule has 2 heterocycles. The number of alkyl halides is 2. The molecule has 1 aliphatic carbocycles. The summed E-state index contributed by atoms with van der Waals surface area (Å²) in [5.74, 6) is -0.567. The quantitative estimate of drug-likeness (QED) is 0.621. The highest BCUT2D eigenvalue weighted by molar-refractivity contribution is 6.26. The fourth-order valence-corrected chi connectivity index (χ4v) is 2.32. The summed E-state index contributed by atoms with van der Waals surface area (Å²) >= 11 is 0. The van der Waals surface area contributed by atoms with Crippen molar-refractivity contribution in [2.45, 2.75) is 24.8 Å². The number of carbonyl (C=O) groups is 3. The van der Waals surface area contributed by atoms with Crippen LogP contribution < -0.4 is 4.90 Å². The minimum Gasteiger partial charge on any atom is -0.278 e. The molecule has 2 fully saturated rings. The molecule has 6 nitrogen and oxygen atoms in total. The molecule has 1 saturated carbocycles. The second-order valence-corrected chi connectivity index (χ2v) is 4.71. The van der Waals surface area contributed by atoms with Gasteiger partial charge in [0.1, 0.15) is 5.54 Å². The molecule has 0 unspecified atom stereocenters. The Hall–Kier alpha value is -2.38. The fraction of sp³-hybridized carbons (Fsp3) is 0.333. The topological polar surface area (TPSA) is 70.6 Å². The molecule has 0 aromatic carbocycles. The average molecular weight is 281 g/mol. The lowest BCUT2D eigenvalue weighted by Gasteiger charge is -2.13. The Morgan fingerprint density at radius 1 is 1.30 bits per heavy atom. The van der Waals surface area contributed by atoms with Crippen molar-refractivity contribution < 1.29 is 23.2 Å². The van der Waals surface area contributed by atoms with E-state index in [1.807, 2.05) is 0 Å². The Kier molecular flexibility index (Phi) is 2.56. The van der Waals surface area contributed by atoms with Crippen molar-refractivity contribution in [3.8, 4) is 0 Å². The molecule has 0 atom stereocenters. The summed E-state index contributed by atoms with van der Waals surface area (Å²) in [5, 5.41) is 0. The van der Waals surface area contributed by atoms with Gasteiger partial charge in [-0.05, 0) is 18.9 Å². The van der Waals surface area contributed by atoms with Gasteiger partial charge in [-0.15, -0.1) is 0 Å². The summed E-state index contributed by atoms with van der Waals surface area (Å²) in [5.41, 5.74) is -1.55. The van der Waals surface area contributed by atoms with Crippen LogP contribution in [0.2, 0.25) is 0 Å². The summed E-state index contributed by atoms with van der Waals surface area (Å²) in [6, 6.07) is 0.202. The van der Waals surface area contributed by atoms with Crippen LogP contribution in [0.4, 0.5) is 19.3 Å². The van der Waals surface area contributed by atoms with Gasteiger partial charge < -0.3 is 0 Å². The number of nitrogens with zero attached hydrogens (tertiary/aromatic N) is 3. The smallest absolute Gasteiger partial charge is 0.278 e. The predicted octanol–water partition coefficient (Wildman–Crippen LogP) is 1.48. The normalized spacial score (nSPS) is 20.1. The zero-order valence-corrected chi connectivity index (χ0v) is 10.1. The van der Waals surface area contributed by atoms with E-state index in [2.05, 4.69) is 4.98 Å². The maximum Gasteiger partial charge on any atom is 0.338 e. The minimum absolute atomic E-state index is 0.0478. The third-order valence-electron chi connectivity index (χ3n) is 3.54. The van der Waals surface area contributed by atoms with Crippen LogP contribution in [0.15, 0.2) is 18.5 Å². The summed E-state index contributed by atoms with van der Waals surface area (Å²) in [6.07, 6.45) is 0.448. The van der Waals surface area contributed by atoms with E-state index in [4.69, 9.17) is 0 Å². The molecule has 0 bridgehead atoms. The van der Waals surface area contributed by atoms with Gasteiger partial charge in [-0.3, -0.25) is 19.5 Å². The number of imide groups is 2. The average Bonchev–Trinajstić information content (AvgIpc) is 3.17. The first kappa shape index (κ1) is 12.6. The number of hydrogen-bond donors (Lipinski definition) is 0. The summed E-state index contributed by atoms with van der Waals surface area (Å²) in [6.45, 7) is 0. The predicted molar refractivity (Wildman–Crippen MR) is 61.9 cm³/mol. The van der Waals surface area contributed by atoms with Gasteiger partial charge in [-0.2, -0.15) is 0 Å². The molecule has 2 aliphatic rings. The molecule has 104 valence electrons. The van der Waals surface area contributed by atoms with Crippen LogP contribution in [0.1, 0.15) is 24.8 Å². The standard InChI is InChI=1S/C12H9F2N3O3/c13-9(14)7-3-8(5-15-4-7)17-10(19)12(1-2-12)16(6-18)11(17)20/h3-6,9H,1-2H2. The van der Waals surface area contributed by atoms with Crippen molar-refractivity contribution in [1.82, 2.24) is 9.88 Å². The van der Waals surface area contributed by atoms with E-state index in [1.54, 1.807) is 0 Å². The van der Waals surface area contributed by atoms with E-state index >= 15 is 0 Å². The molecular weight excluding hydrogens is 272 g/mol. The highest BCUT2D eigenvalue weighted by Crippen LogP contribution is 2.48. The minimum atomic E-state index is -2.76. The van der Waals surface area contributed by atoms with Gasteiger partial charge in [0.25, 0.3) is 12.3 Å². The molecule has 1 aromatic heterocycles. The second-order valence-electron chi connectivity index (χ2n) is 4.71. The zero-order chi connectivity index (χ0) is 14.5. The maximum atomic E-state index is 12.6. The Labute approximate surface area is 112 Å². The van der Waals surface area contributed by atoms with Crippen LogP contribution in [-0.4, -0.2) is 33.8 Å². The van der Waals surface area contributed by atoms with E-state index < -0.39 is 29.5 Å². The Morgan fingerprint density at radius 3 is 2.50 bits per heavy atom. The molecule has 3 rings (SSSR count). The third kappa shape index (κ3) is 1.54. The van der Waals surface area contributed by atoms with Gasteiger partial charge in [0, 0.05) is 11.8 Å². The van der Waals surface area contributed by atoms with E-state index in [1.165, 1.54) is 0 Å².